The van der Waals surface area contributed by atoms with Gasteiger partial charge in [-0.3, -0.25) is 0 Å². The monoisotopic (exact) mass is 253 g/mol. The fraction of sp³-hybridized carbons (Fsp3) is 0.600. The maximum absolute atomic E-state index is 13.5. The van der Waals surface area contributed by atoms with Crippen molar-refractivity contribution in [2.75, 3.05) is 6.54 Å². The molecule has 0 bridgehead atoms. The summed E-state index contributed by atoms with van der Waals surface area (Å²) in [5, 5.41) is 3.26. The lowest BCUT2D eigenvalue weighted by atomic mass is 10.2. The summed E-state index contributed by atoms with van der Waals surface area (Å²) in [5.41, 5.74) is 0.933. The summed E-state index contributed by atoms with van der Waals surface area (Å²) >= 11 is 0. The largest absolute Gasteiger partial charge is 0.491 e. The summed E-state index contributed by atoms with van der Waals surface area (Å²) in [4.78, 5) is 0. The molecule has 0 aromatic heterocycles. The van der Waals surface area contributed by atoms with Gasteiger partial charge in [0.05, 0.1) is 6.10 Å². The van der Waals surface area contributed by atoms with Crippen LogP contribution in [0.15, 0.2) is 18.2 Å². The molecule has 1 atom stereocenters. The van der Waals surface area contributed by atoms with Gasteiger partial charge in [-0.2, -0.15) is 0 Å². The van der Waals surface area contributed by atoms with Crippen LogP contribution in [0.2, 0.25) is 0 Å². The van der Waals surface area contributed by atoms with E-state index in [-0.39, 0.29) is 11.9 Å². The van der Waals surface area contributed by atoms with E-state index in [1.807, 2.05) is 13.0 Å². The quantitative estimate of drug-likeness (QED) is 0.710. The molecule has 0 aliphatic carbocycles. The summed E-state index contributed by atoms with van der Waals surface area (Å²) in [6.07, 6.45) is 3.27. The van der Waals surface area contributed by atoms with E-state index in [1.54, 1.807) is 6.07 Å². The average molecular weight is 253 g/mol. The maximum Gasteiger partial charge on any atom is 0.127 e. The second-order valence-electron chi connectivity index (χ2n) is 4.69. The fourth-order valence-corrected chi connectivity index (χ4v) is 1.90. The minimum atomic E-state index is -0.232. The molecule has 3 heteroatoms. The standard InChI is InChI=1S/C15H24FNO/c1-4-6-12(3)18-15-9-13(8-14(16)10-15)11-17-7-5-2/h8-10,12,17H,4-7,11H2,1-3H3. The highest BCUT2D eigenvalue weighted by Crippen LogP contribution is 2.19. The smallest absolute Gasteiger partial charge is 0.127 e. The normalized spacial score (nSPS) is 12.4. The molecule has 1 rings (SSSR count). The van der Waals surface area contributed by atoms with Crippen LogP contribution >= 0.6 is 0 Å². The van der Waals surface area contributed by atoms with Crippen molar-refractivity contribution in [2.45, 2.75) is 52.7 Å². The zero-order valence-electron chi connectivity index (χ0n) is 11.6. The number of hydrogen-bond donors (Lipinski definition) is 1. The third kappa shape index (κ3) is 5.50. The van der Waals surface area contributed by atoms with Crippen molar-refractivity contribution in [1.82, 2.24) is 5.32 Å². The van der Waals surface area contributed by atoms with E-state index in [9.17, 15) is 4.39 Å². The van der Waals surface area contributed by atoms with Crippen LogP contribution in [0.4, 0.5) is 4.39 Å². The van der Waals surface area contributed by atoms with Gasteiger partial charge in [0.15, 0.2) is 0 Å². The Balaban J connectivity index is 2.62. The summed E-state index contributed by atoms with van der Waals surface area (Å²) in [5.74, 6) is 0.397. The Morgan fingerprint density at radius 1 is 1.22 bits per heavy atom. The Morgan fingerprint density at radius 2 is 2.00 bits per heavy atom. The van der Waals surface area contributed by atoms with E-state index in [0.29, 0.717) is 12.3 Å². The number of halogens is 1. The Kier molecular flexibility index (Phi) is 6.73. The van der Waals surface area contributed by atoms with E-state index in [1.165, 1.54) is 6.07 Å². The van der Waals surface area contributed by atoms with Gasteiger partial charge in [-0.15, -0.1) is 0 Å². The molecule has 0 aliphatic rings. The van der Waals surface area contributed by atoms with Crippen molar-refractivity contribution in [1.29, 1.82) is 0 Å². The van der Waals surface area contributed by atoms with Crippen LogP contribution in [0.3, 0.4) is 0 Å². The van der Waals surface area contributed by atoms with Gasteiger partial charge in [0.25, 0.3) is 0 Å². The summed E-state index contributed by atoms with van der Waals surface area (Å²) in [7, 11) is 0. The Labute approximate surface area is 110 Å². The molecule has 0 radical (unpaired) electrons. The van der Waals surface area contributed by atoms with Crippen molar-refractivity contribution in [2.24, 2.45) is 0 Å². The molecule has 0 fully saturated rings. The van der Waals surface area contributed by atoms with Crippen LogP contribution in [0, 0.1) is 5.82 Å². The van der Waals surface area contributed by atoms with Crippen LogP contribution in [0.1, 0.15) is 45.6 Å². The zero-order valence-corrected chi connectivity index (χ0v) is 11.6. The molecule has 102 valence electrons. The lowest BCUT2D eigenvalue weighted by Gasteiger charge is -2.15. The molecule has 2 nitrogen and oxygen atoms in total. The van der Waals surface area contributed by atoms with Crippen LogP contribution in [-0.4, -0.2) is 12.6 Å². The Bertz CT molecular complexity index is 354. The number of nitrogens with one attached hydrogen (secondary N) is 1. The molecule has 0 saturated carbocycles. The number of rotatable bonds is 8. The first-order valence-electron chi connectivity index (χ1n) is 6.82. The average Bonchev–Trinajstić information content (AvgIpc) is 2.28. The van der Waals surface area contributed by atoms with Crippen LogP contribution in [0.5, 0.6) is 5.75 Å². The Hall–Kier alpha value is -1.09. The molecule has 1 aromatic carbocycles. The predicted octanol–water partition coefficient (Wildman–Crippen LogP) is 3.89. The third-order valence-electron chi connectivity index (χ3n) is 2.72. The van der Waals surface area contributed by atoms with Gasteiger partial charge in [-0.25, -0.2) is 4.39 Å². The molecular weight excluding hydrogens is 229 g/mol. The van der Waals surface area contributed by atoms with Crippen molar-refractivity contribution in [3.63, 3.8) is 0 Å². The summed E-state index contributed by atoms with van der Waals surface area (Å²) < 4.78 is 19.2. The van der Waals surface area contributed by atoms with Gasteiger partial charge in [-0.1, -0.05) is 20.3 Å². The van der Waals surface area contributed by atoms with Gasteiger partial charge >= 0.3 is 0 Å². The molecule has 18 heavy (non-hydrogen) atoms. The lowest BCUT2D eigenvalue weighted by molar-refractivity contribution is 0.209. The molecule has 1 aromatic rings. The topological polar surface area (TPSA) is 21.3 Å². The highest BCUT2D eigenvalue weighted by molar-refractivity contribution is 5.29. The molecule has 0 spiro atoms. The summed E-state index contributed by atoms with van der Waals surface area (Å²) in [6.45, 7) is 7.87. The van der Waals surface area contributed by atoms with Crippen molar-refractivity contribution < 1.29 is 9.13 Å². The van der Waals surface area contributed by atoms with Gasteiger partial charge < -0.3 is 10.1 Å². The number of ether oxygens (including phenoxy) is 1. The van der Waals surface area contributed by atoms with Gasteiger partial charge in [0.2, 0.25) is 0 Å². The van der Waals surface area contributed by atoms with E-state index < -0.39 is 0 Å². The van der Waals surface area contributed by atoms with Gasteiger partial charge in [0.1, 0.15) is 11.6 Å². The van der Waals surface area contributed by atoms with E-state index >= 15 is 0 Å². The SMILES string of the molecule is CCCNCc1cc(F)cc(OC(C)CCC)c1. The van der Waals surface area contributed by atoms with Crippen molar-refractivity contribution in [3.8, 4) is 5.75 Å². The minimum Gasteiger partial charge on any atom is -0.491 e. The molecule has 0 heterocycles. The molecule has 0 saturated heterocycles. The first-order chi connectivity index (χ1) is 8.65. The molecule has 0 aliphatic heterocycles. The zero-order chi connectivity index (χ0) is 13.4. The number of hydrogen-bond acceptors (Lipinski definition) is 2. The van der Waals surface area contributed by atoms with Crippen LogP contribution in [0.25, 0.3) is 0 Å². The number of benzene rings is 1. The lowest BCUT2D eigenvalue weighted by Crippen LogP contribution is -2.15. The van der Waals surface area contributed by atoms with Crippen molar-refractivity contribution in [3.05, 3.63) is 29.6 Å². The first-order valence-corrected chi connectivity index (χ1v) is 6.82. The van der Waals surface area contributed by atoms with E-state index in [0.717, 1.165) is 31.4 Å². The van der Waals surface area contributed by atoms with E-state index in [2.05, 4.69) is 19.2 Å². The van der Waals surface area contributed by atoms with E-state index in [4.69, 9.17) is 4.74 Å². The molecule has 1 unspecified atom stereocenters. The van der Waals surface area contributed by atoms with Crippen LogP contribution in [-0.2, 0) is 6.54 Å². The Morgan fingerprint density at radius 3 is 2.67 bits per heavy atom. The van der Waals surface area contributed by atoms with Crippen LogP contribution < -0.4 is 10.1 Å². The molecule has 1 N–H and O–H groups in total. The second kappa shape index (κ2) is 8.09. The molecular formula is C15H24FNO. The van der Waals surface area contributed by atoms with Gasteiger partial charge in [0, 0.05) is 12.6 Å². The fourth-order valence-electron chi connectivity index (χ4n) is 1.90. The minimum absolute atomic E-state index is 0.133. The van der Waals surface area contributed by atoms with Gasteiger partial charge in [-0.05, 0) is 44.0 Å². The van der Waals surface area contributed by atoms with Crippen molar-refractivity contribution >= 4 is 0 Å². The molecule has 0 amide bonds. The predicted molar refractivity (Wildman–Crippen MR) is 73.4 cm³/mol. The summed E-state index contributed by atoms with van der Waals surface area (Å²) in [6, 6.07) is 4.92. The maximum atomic E-state index is 13.5. The third-order valence-corrected chi connectivity index (χ3v) is 2.72. The second-order valence-corrected chi connectivity index (χ2v) is 4.69. The highest BCUT2D eigenvalue weighted by atomic mass is 19.1. The first kappa shape index (κ1) is 15.0. The highest BCUT2D eigenvalue weighted by Gasteiger charge is 2.06.